The van der Waals surface area contributed by atoms with Crippen LogP contribution in [0.15, 0.2) is 90.2 Å². The number of benzene rings is 3. The first kappa shape index (κ1) is 19.0. The monoisotopic (exact) mass is 407 g/mol. The van der Waals surface area contributed by atoms with E-state index < -0.39 is 0 Å². The highest BCUT2D eigenvalue weighted by atomic mass is 16.5. The van der Waals surface area contributed by atoms with E-state index >= 15 is 0 Å². The molecule has 5 heteroatoms. The molecule has 0 atom stereocenters. The van der Waals surface area contributed by atoms with Crippen molar-refractivity contribution in [1.82, 2.24) is 10.4 Å². The molecule has 3 aromatic carbocycles. The molecule has 1 aliphatic carbocycles. The van der Waals surface area contributed by atoms with Crippen LogP contribution in [0.3, 0.4) is 0 Å². The van der Waals surface area contributed by atoms with Gasteiger partial charge in [-0.05, 0) is 48.2 Å². The summed E-state index contributed by atoms with van der Waals surface area (Å²) in [5, 5.41) is 5.39. The van der Waals surface area contributed by atoms with Crippen molar-refractivity contribution >= 4 is 22.5 Å². The van der Waals surface area contributed by atoms with E-state index in [1.165, 1.54) is 5.56 Å². The van der Waals surface area contributed by atoms with Gasteiger partial charge in [-0.2, -0.15) is 5.10 Å². The predicted octanol–water partition coefficient (Wildman–Crippen LogP) is 4.89. The van der Waals surface area contributed by atoms with E-state index in [9.17, 15) is 4.79 Å². The van der Waals surface area contributed by atoms with Crippen molar-refractivity contribution in [3.63, 3.8) is 0 Å². The van der Waals surface area contributed by atoms with Gasteiger partial charge in [0.15, 0.2) is 0 Å². The number of aromatic nitrogens is 1. The zero-order valence-electron chi connectivity index (χ0n) is 16.9. The summed E-state index contributed by atoms with van der Waals surface area (Å²) in [6.45, 7) is 0.399. The molecule has 0 unspecified atom stereocenters. The number of nitrogens with one attached hydrogen (secondary N) is 1. The van der Waals surface area contributed by atoms with E-state index in [-0.39, 0.29) is 5.91 Å². The van der Waals surface area contributed by atoms with Crippen molar-refractivity contribution in [3.8, 4) is 5.75 Å². The third-order valence-electron chi connectivity index (χ3n) is 5.46. The van der Waals surface area contributed by atoms with Crippen LogP contribution in [0.2, 0.25) is 0 Å². The van der Waals surface area contributed by atoms with Gasteiger partial charge in [-0.15, -0.1) is 0 Å². The maximum atomic E-state index is 12.5. The quantitative estimate of drug-likeness (QED) is 0.479. The van der Waals surface area contributed by atoms with Crippen molar-refractivity contribution < 1.29 is 9.53 Å². The number of para-hydroxylation sites is 1. The van der Waals surface area contributed by atoms with Gasteiger partial charge in [0.25, 0.3) is 5.91 Å². The van der Waals surface area contributed by atoms with E-state index in [4.69, 9.17) is 4.74 Å². The summed E-state index contributed by atoms with van der Waals surface area (Å²) < 4.78 is 5.97. The summed E-state index contributed by atoms with van der Waals surface area (Å²) >= 11 is 0. The molecule has 0 aliphatic heterocycles. The van der Waals surface area contributed by atoms with Crippen LogP contribution in [0, 0.1) is 0 Å². The summed E-state index contributed by atoms with van der Waals surface area (Å²) in [4.78, 5) is 16.9. The van der Waals surface area contributed by atoms with Crippen molar-refractivity contribution in [1.29, 1.82) is 0 Å². The second-order valence-electron chi connectivity index (χ2n) is 7.47. The minimum Gasteiger partial charge on any atom is -0.487 e. The van der Waals surface area contributed by atoms with Crippen LogP contribution in [0.25, 0.3) is 10.9 Å². The standard InChI is InChI=1S/C26H21N3O2/c30-26(29-28-23-15-14-19-5-1-2-8-22(19)23)21-12-10-18(11-13-21)17-31-24-9-3-6-20-7-4-16-27-25(20)24/h1-13,16H,14-15,17H2,(H,29,30)/b28-23-. The highest BCUT2D eigenvalue weighted by molar-refractivity contribution is 6.05. The lowest BCUT2D eigenvalue weighted by Crippen LogP contribution is -2.19. The Hall–Kier alpha value is -3.99. The van der Waals surface area contributed by atoms with Gasteiger partial charge >= 0.3 is 0 Å². The van der Waals surface area contributed by atoms with Crippen molar-refractivity contribution in [2.45, 2.75) is 19.4 Å². The number of hydrazone groups is 1. The normalized spacial score (nSPS) is 13.9. The van der Waals surface area contributed by atoms with E-state index in [2.05, 4.69) is 21.6 Å². The van der Waals surface area contributed by atoms with Crippen LogP contribution in [0.5, 0.6) is 5.75 Å². The fourth-order valence-electron chi connectivity index (χ4n) is 3.81. The molecule has 1 aliphatic rings. The highest BCUT2D eigenvalue weighted by Gasteiger charge is 2.17. The zero-order valence-corrected chi connectivity index (χ0v) is 16.9. The van der Waals surface area contributed by atoms with Gasteiger partial charge in [-0.1, -0.05) is 54.6 Å². The van der Waals surface area contributed by atoms with E-state index in [0.29, 0.717) is 12.2 Å². The fraction of sp³-hybridized carbons (Fsp3) is 0.115. The largest absolute Gasteiger partial charge is 0.487 e. The number of fused-ring (bicyclic) bond motifs is 2. The third kappa shape index (κ3) is 4.03. The van der Waals surface area contributed by atoms with E-state index in [1.54, 1.807) is 18.3 Å². The first-order valence-corrected chi connectivity index (χ1v) is 10.3. The number of hydrogen-bond donors (Lipinski definition) is 1. The molecule has 5 rings (SSSR count). The lowest BCUT2D eigenvalue weighted by atomic mass is 10.1. The number of nitrogens with zero attached hydrogens (tertiary/aromatic N) is 2. The molecular weight excluding hydrogens is 386 g/mol. The summed E-state index contributed by atoms with van der Waals surface area (Å²) in [6, 6.07) is 25.3. The average molecular weight is 407 g/mol. The SMILES string of the molecule is O=C(N/N=C1/CCc2ccccc21)c1ccc(COc2cccc3cccnc23)cc1. The van der Waals surface area contributed by atoms with Gasteiger partial charge in [0, 0.05) is 22.7 Å². The number of hydrogen-bond acceptors (Lipinski definition) is 4. The molecule has 0 saturated carbocycles. The van der Waals surface area contributed by atoms with Gasteiger partial charge in [0.2, 0.25) is 0 Å². The Morgan fingerprint density at radius 1 is 0.935 bits per heavy atom. The molecule has 1 amide bonds. The first-order valence-electron chi connectivity index (χ1n) is 10.3. The van der Waals surface area contributed by atoms with Crippen molar-refractivity contribution in [2.75, 3.05) is 0 Å². The second kappa shape index (κ2) is 8.40. The molecule has 5 nitrogen and oxygen atoms in total. The fourth-order valence-corrected chi connectivity index (χ4v) is 3.81. The van der Waals surface area contributed by atoms with E-state index in [0.717, 1.165) is 46.3 Å². The van der Waals surface area contributed by atoms with Crippen LogP contribution in [0.4, 0.5) is 0 Å². The van der Waals surface area contributed by atoms with Crippen LogP contribution < -0.4 is 10.2 Å². The molecule has 1 heterocycles. The Kier molecular flexibility index (Phi) is 5.15. The molecule has 0 radical (unpaired) electrons. The lowest BCUT2D eigenvalue weighted by Gasteiger charge is -2.09. The number of carbonyl (C=O) groups excluding carboxylic acids is 1. The van der Waals surface area contributed by atoms with Crippen molar-refractivity contribution in [3.05, 3.63) is 107 Å². The van der Waals surface area contributed by atoms with Gasteiger partial charge < -0.3 is 4.74 Å². The molecule has 31 heavy (non-hydrogen) atoms. The molecule has 1 N–H and O–H groups in total. The van der Waals surface area contributed by atoms with Crippen LogP contribution in [0.1, 0.15) is 33.5 Å². The Labute approximate surface area is 180 Å². The molecule has 4 aromatic rings. The maximum absolute atomic E-state index is 12.5. The minimum atomic E-state index is -0.220. The number of rotatable bonds is 5. The van der Waals surface area contributed by atoms with Crippen LogP contribution in [-0.4, -0.2) is 16.6 Å². The van der Waals surface area contributed by atoms with Crippen molar-refractivity contribution in [2.24, 2.45) is 5.10 Å². The summed E-state index contributed by atoms with van der Waals surface area (Å²) in [7, 11) is 0. The van der Waals surface area contributed by atoms with E-state index in [1.807, 2.05) is 60.7 Å². The maximum Gasteiger partial charge on any atom is 0.271 e. The third-order valence-corrected chi connectivity index (χ3v) is 5.46. The number of pyridine rings is 1. The first-order chi connectivity index (χ1) is 15.3. The topological polar surface area (TPSA) is 63.6 Å². The molecule has 0 saturated heterocycles. The molecule has 152 valence electrons. The Bertz CT molecular complexity index is 1270. The molecule has 0 fully saturated rings. The average Bonchev–Trinajstić information content (AvgIpc) is 3.24. The van der Waals surface area contributed by atoms with Gasteiger partial charge in [-0.3, -0.25) is 9.78 Å². The predicted molar refractivity (Wildman–Crippen MR) is 121 cm³/mol. The summed E-state index contributed by atoms with van der Waals surface area (Å²) in [5.74, 6) is 0.523. The molecule has 0 bridgehead atoms. The highest BCUT2D eigenvalue weighted by Crippen LogP contribution is 2.24. The number of ether oxygens (including phenoxy) is 1. The number of carbonyl (C=O) groups is 1. The Morgan fingerprint density at radius 2 is 1.77 bits per heavy atom. The van der Waals surface area contributed by atoms with Crippen LogP contribution in [-0.2, 0) is 13.0 Å². The Morgan fingerprint density at radius 3 is 2.68 bits per heavy atom. The molecule has 0 spiro atoms. The van der Waals surface area contributed by atoms with Gasteiger partial charge in [0.1, 0.15) is 17.9 Å². The molecular formula is C26H21N3O2. The number of aryl methyl sites for hydroxylation is 1. The second-order valence-corrected chi connectivity index (χ2v) is 7.47. The smallest absolute Gasteiger partial charge is 0.271 e. The summed E-state index contributed by atoms with van der Waals surface area (Å²) in [5.41, 5.74) is 8.39. The Balaban J connectivity index is 1.23. The summed E-state index contributed by atoms with van der Waals surface area (Å²) in [6.07, 6.45) is 3.57. The molecule has 1 aromatic heterocycles. The van der Waals surface area contributed by atoms with Gasteiger partial charge in [-0.25, -0.2) is 5.43 Å². The minimum absolute atomic E-state index is 0.220. The number of amides is 1. The van der Waals surface area contributed by atoms with Gasteiger partial charge in [0.05, 0.1) is 5.71 Å². The lowest BCUT2D eigenvalue weighted by molar-refractivity contribution is 0.0954. The zero-order chi connectivity index (χ0) is 21.0. The van der Waals surface area contributed by atoms with Crippen LogP contribution >= 0.6 is 0 Å².